The molecular weight excluding hydrogens is 334 g/mol. The highest BCUT2D eigenvalue weighted by Gasteiger charge is 2.20. The van der Waals surface area contributed by atoms with Crippen LogP contribution in [0.1, 0.15) is 28.8 Å². The van der Waals surface area contributed by atoms with Gasteiger partial charge in [0.2, 0.25) is 0 Å². The third kappa shape index (κ3) is 3.26. The minimum Gasteiger partial charge on any atom is -0.508 e. The van der Waals surface area contributed by atoms with E-state index in [4.69, 9.17) is 9.15 Å². The number of rotatable bonds is 6. The molecule has 3 rings (SSSR count). The maximum Gasteiger partial charge on any atom is 0.293 e. The van der Waals surface area contributed by atoms with Gasteiger partial charge in [-0.25, -0.2) is 0 Å². The molecule has 0 bridgehead atoms. The lowest BCUT2D eigenvalue weighted by atomic mass is 9.94. The molecule has 26 heavy (non-hydrogen) atoms. The van der Waals surface area contributed by atoms with E-state index in [0.717, 1.165) is 22.1 Å². The van der Waals surface area contributed by atoms with Gasteiger partial charge >= 0.3 is 0 Å². The molecule has 3 aromatic rings. The molecule has 1 atom stereocenters. The van der Waals surface area contributed by atoms with Gasteiger partial charge in [0.25, 0.3) is 12.4 Å². The van der Waals surface area contributed by atoms with Gasteiger partial charge in [0.15, 0.2) is 0 Å². The second kappa shape index (κ2) is 7.31. The predicted molar refractivity (Wildman–Crippen MR) is 97.1 cm³/mol. The Morgan fingerprint density at radius 1 is 1.35 bits per heavy atom. The molecule has 0 radical (unpaired) electrons. The van der Waals surface area contributed by atoms with Gasteiger partial charge in [-0.3, -0.25) is 9.59 Å². The Morgan fingerprint density at radius 3 is 2.85 bits per heavy atom. The highest BCUT2D eigenvalue weighted by molar-refractivity contribution is 6.08. The van der Waals surface area contributed by atoms with Crippen LogP contribution in [-0.2, 0) is 9.53 Å². The molecule has 0 aliphatic carbocycles. The number of benzene rings is 2. The summed E-state index contributed by atoms with van der Waals surface area (Å²) < 4.78 is 10.5. The number of aromatic hydroxyl groups is 1. The summed E-state index contributed by atoms with van der Waals surface area (Å²) in [6.07, 6.45) is 1.57. The predicted octanol–water partition coefficient (Wildman–Crippen LogP) is 3.44. The third-order valence-electron chi connectivity index (χ3n) is 4.31. The van der Waals surface area contributed by atoms with Crippen LogP contribution in [0.2, 0.25) is 0 Å². The van der Waals surface area contributed by atoms with Gasteiger partial charge in [-0.15, -0.1) is 0 Å². The van der Waals surface area contributed by atoms with Crippen molar-refractivity contribution in [2.45, 2.75) is 12.8 Å². The van der Waals surface area contributed by atoms with Crippen LogP contribution < -0.4 is 5.32 Å². The summed E-state index contributed by atoms with van der Waals surface area (Å²) in [5, 5.41) is 13.1. The number of amides is 1. The molecule has 1 amide bonds. The van der Waals surface area contributed by atoms with Gasteiger partial charge in [-0.1, -0.05) is 19.1 Å². The van der Waals surface area contributed by atoms with Crippen LogP contribution in [0.25, 0.3) is 22.1 Å². The lowest BCUT2D eigenvalue weighted by molar-refractivity contribution is -0.129. The van der Waals surface area contributed by atoms with Crippen molar-refractivity contribution in [3.63, 3.8) is 0 Å². The van der Waals surface area contributed by atoms with E-state index in [1.807, 2.05) is 19.1 Å². The van der Waals surface area contributed by atoms with Crippen LogP contribution in [-0.4, -0.2) is 31.1 Å². The molecule has 1 aromatic heterocycles. The molecule has 2 aromatic carbocycles. The van der Waals surface area contributed by atoms with Crippen molar-refractivity contribution in [3.8, 4) is 16.9 Å². The molecule has 2 N–H and O–H groups in total. The molecule has 0 aliphatic rings. The smallest absolute Gasteiger partial charge is 0.293 e. The first-order chi connectivity index (χ1) is 12.5. The van der Waals surface area contributed by atoms with E-state index < -0.39 is 0 Å². The van der Waals surface area contributed by atoms with E-state index in [2.05, 4.69) is 5.32 Å². The zero-order valence-corrected chi connectivity index (χ0v) is 14.5. The van der Waals surface area contributed by atoms with Crippen molar-refractivity contribution in [2.24, 2.45) is 0 Å². The van der Waals surface area contributed by atoms with Crippen LogP contribution in [0.5, 0.6) is 5.75 Å². The molecule has 0 spiro atoms. The standard InChI is InChI=1S/C20H19NO5/c1-12(9-25-11-22)14-7-16-18(13-4-3-5-15(23)6-13)10-26-19(16)17(8-14)20(24)21-2/h3-8,10-12,23H,9H2,1-2H3,(H,21,24). The van der Waals surface area contributed by atoms with Crippen LogP contribution in [0, 0.1) is 0 Å². The van der Waals surface area contributed by atoms with Crippen LogP contribution >= 0.6 is 0 Å². The monoisotopic (exact) mass is 353 g/mol. The van der Waals surface area contributed by atoms with Gasteiger partial charge in [0.1, 0.15) is 11.3 Å². The van der Waals surface area contributed by atoms with Crippen molar-refractivity contribution < 1.29 is 23.8 Å². The van der Waals surface area contributed by atoms with Gasteiger partial charge in [0.05, 0.1) is 18.4 Å². The Balaban J connectivity index is 2.20. The van der Waals surface area contributed by atoms with Gasteiger partial charge in [0, 0.05) is 23.9 Å². The summed E-state index contributed by atoms with van der Waals surface area (Å²) in [6, 6.07) is 10.5. The quantitative estimate of drug-likeness (QED) is 0.663. The fraction of sp³-hybridized carbons (Fsp3) is 0.200. The highest BCUT2D eigenvalue weighted by atomic mass is 16.5. The fourth-order valence-electron chi connectivity index (χ4n) is 2.92. The average Bonchev–Trinajstić information content (AvgIpc) is 3.08. The molecule has 0 saturated carbocycles. The molecule has 6 heteroatoms. The van der Waals surface area contributed by atoms with E-state index in [1.165, 1.54) is 0 Å². The van der Waals surface area contributed by atoms with E-state index >= 15 is 0 Å². The normalized spacial score (nSPS) is 11.9. The molecule has 6 nitrogen and oxygen atoms in total. The van der Waals surface area contributed by atoms with Crippen molar-refractivity contribution in [1.82, 2.24) is 5.32 Å². The Kier molecular flexibility index (Phi) is 4.93. The van der Waals surface area contributed by atoms with Crippen LogP contribution in [0.15, 0.2) is 47.1 Å². The average molecular weight is 353 g/mol. The number of nitrogens with one attached hydrogen (secondary N) is 1. The zero-order valence-electron chi connectivity index (χ0n) is 14.5. The van der Waals surface area contributed by atoms with Crippen LogP contribution in [0.3, 0.4) is 0 Å². The summed E-state index contributed by atoms with van der Waals surface area (Å²) in [6.45, 7) is 2.53. The first kappa shape index (κ1) is 17.5. The van der Waals surface area contributed by atoms with Crippen molar-refractivity contribution in [1.29, 1.82) is 0 Å². The van der Waals surface area contributed by atoms with Crippen molar-refractivity contribution >= 4 is 23.3 Å². The first-order valence-corrected chi connectivity index (χ1v) is 8.17. The molecule has 0 fully saturated rings. The van der Waals surface area contributed by atoms with Crippen molar-refractivity contribution in [3.05, 3.63) is 53.8 Å². The summed E-state index contributed by atoms with van der Waals surface area (Å²) in [5.41, 5.74) is 3.27. The number of fused-ring (bicyclic) bond motifs is 1. The Bertz CT molecular complexity index is 960. The summed E-state index contributed by atoms with van der Waals surface area (Å²) in [5.74, 6) is -0.218. The number of carbonyl (C=O) groups is 2. The molecular formula is C20H19NO5. The highest BCUT2D eigenvalue weighted by Crippen LogP contribution is 2.36. The fourth-order valence-corrected chi connectivity index (χ4v) is 2.92. The largest absolute Gasteiger partial charge is 0.508 e. The molecule has 1 unspecified atom stereocenters. The maximum atomic E-state index is 12.3. The summed E-state index contributed by atoms with van der Waals surface area (Å²) >= 11 is 0. The van der Waals surface area contributed by atoms with E-state index in [1.54, 1.807) is 37.6 Å². The minimum absolute atomic E-state index is 0.0973. The van der Waals surface area contributed by atoms with E-state index in [-0.39, 0.29) is 24.2 Å². The SMILES string of the molecule is CNC(=O)c1cc(C(C)COC=O)cc2c(-c3cccc(O)c3)coc12. The zero-order chi connectivity index (χ0) is 18.7. The van der Waals surface area contributed by atoms with E-state index in [0.29, 0.717) is 17.6 Å². The van der Waals surface area contributed by atoms with Crippen molar-refractivity contribution in [2.75, 3.05) is 13.7 Å². The molecule has 0 saturated heterocycles. The second-order valence-electron chi connectivity index (χ2n) is 6.05. The lowest BCUT2D eigenvalue weighted by Crippen LogP contribution is -2.18. The topological polar surface area (TPSA) is 88.8 Å². The number of phenols is 1. The van der Waals surface area contributed by atoms with Gasteiger partial charge < -0.3 is 19.6 Å². The molecule has 134 valence electrons. The minimum atomic E-state index is -0.267. The second-order valence-corrected chi connectivity index (χ2v) is 6.05. The Morgan fingerprint density at radius 2 is 2.15 bits per heavy atom. The number of phenolic OH excluding ortho intramolecular Hbond substituents is 1. The first-order valence-electron chi connectivity index (χ1n) is 8.17. The molecule has 1 heterocycles. The number of ether oxygens (including phenoxy) is 1. The Hall–Kier alpha value is -3.28. The maximum absolute atomic E-state index is 12.3. The number of hydrogen-bond acceptors (Lipinski definition) is 5. The van der Waals surface area contributed by atoms with Crippen LogP contribution in [0.4, 0.5) is 0 Å². The number of hydrogen-bond donors (Lipinski definition) is 2. The van der Waals surface area contributed by atoms with Gasteiger partial charge in [-0.2, -0.15) is 0 Å². The summed E-state index contributed by atoms with van der Waals surface area (Å²) in [4.78, 5) is 22.8. The number of carbonyl (C=O) groups excluding carboxylic acids is 2. The number of furan rings is 1. The molecule has 0 aliphatic heterocycles. The summed E-state index contributed by atoms with van der Waals surface area (Å²) in [7, 11) is 1.55. The van der Waals surface area contributed by atoms with E-state index in [9.17, 15) is 14.7 Å². The Labute approximate surface area is 150 Å². The lowest BCUT2D eigenvalue weighted by Gasteiger charge is -2.13. The third-order valence-corrected chi connectivity index (χ3v) is 4.31. The van der Waals surface area contributed by atoms with Gasteiger partial charge in [-0.05, 0) is 35.4 Å².